The van der Waals surface area contributed by atoms with E-state index in [0.717, 1.165) is 19.5 Å². The number of hydrogen-bond acceptors (Lipinski definition) is 1. The Balaban J connectivity index is 2.18. The van der Waals surface area contributed by atoms with E-state index >= 15 is 0 Å². The van der Waals surface area contributed by atoms with Crippen molar-refractivity contribution in [2.75, 3.05) is 6.54 Å². The van der Waals surface area contributed by atoms with Gasteiger partial charge >= 0.3 is 0 Å². The summed E-state index contributed by atoms with van der Waals surface area (Å²) >= 11 is 3.62. The van der Waals surface area contributed by atoms with Crippen LogP contribution in [0.3, 0.4) is 0 Å². The maximum Gasteiger partial charge on any atom is 0.0494 e. The molecule has 1 aromatic heterocycles. The molecule has 0 amide bonds. The SMILES string of the molecule is NCC1CCc2cc3c(Br)cccc3n2C1. The van der Waals surface area contributed by atoms with Gasteiger partial charge in [-0.15, -0.1) is 0 Å². The Morgan fingerprint density at radius 2 is 2.31 bits per heavy atom. The van der Waals surface area contributed by atoms with Crippen molar-refractivity contribution in [1.29, 1.82) is 0 Å². The number of aromatic nitrogens is 1. The van der Waals surface area contributed by atoms with Crippen molar-refractivity contribution in [3.8, 4) is 0 Å². The standard InChI is InChI=1S/C13H15BrN2/c14-12-2-1-3-13-11(12)6-10-5-4-9(7-15)8-16(10)13/h1-3,6,9H,4-5,7-8,15H2. The number of aryl methyl sites for hydroxylation is 1. The minimum atomic E-state index is 0.641. The van der Waals surface area contributed by atoms with E-state index in [1.165, 1.54) is 27.5 Å². The highest BCUT2D eigenvalue weighted by Gasteiger charge is 2.19. The number of halogens is 1. The summed E-state index contributed by atoms with van der Waals surface area (Å²) in [6.07, 6.45) is 2.38. The molecule has 1 aromatic carbocycles. The molecule has 1 atom stereocenters. The molecule has 1 aliphatic heterocycles. The highest BCUT2D eigenvalue weighted by Crippen LogP contribution is 2.31. The minimum Gasteiger partial charge on any atom is -0.344 e. The fraction of sp³-hybridized carbons (Fsp3) is 0.385. The molecule has 0 saturated heterocycles. The van der Waals surface area contributed by atoms with Crippen LogP contribution in [0.25, 0.3) is 10.9 Å². The van der Waals surface area contributed by atoms with Gasteiger partial charge in [0.05, 0.1) is 0 Å². The maximum absolute atomic E-state index is 5.78. The summed E-state index contributed by atoms with van der Waals surface area (Å²) in [4.78, 5) is 0. The molecular formula is C13H15BrN2. The summed E-state index contributed by atoms with van der Waals surface area (Å²) in [6, 6.07) is 8.72. The highest BCUT2D eigenvalue weighted by molar-refractivity contribution is 9.10. The fourth-order valence-electron chi connectivity index (χ4n) is 2.62. The fourth-order valence-corrected chi connectivity index (χ4v) is 3.09. The Bertz CT molecular complexity index is 530. The number of nitrogens with two attached hydrogens (primary N) is 1. The van der Waals surface area contributed by atoms with E-state index < -0.39 is 0 Å². The Kier molecular flexibility index (Phi) is 2.52. The van der Waals surface area contributed by atoms with Crippen LogP contribution >= 0.6 is 15.9 Å². The van der Waals surface area contributed by atoms with Crippen LogP contribution in [-0.2, 0) is 13.0 Å². The average Bonchev–Trinajstić information content (AvgIpc) is 2.68. The van der Waals surface area contributed by atoms with E-state index in [-0.39, 0.29) is 0 Å². The van der Waals surface area contributed by atoms with E-state index in [2.05, 4.69) is 44.8 Å². The number of benzene rings is 1. The van der Waals surface area contributed by atoms with Crippen LogP contribution < -0.4 is 5.73 Å². The summed E-state index contributed by atoms with van der Waals surface area (Å²) in [6.45, 7) is 1.87. The van der Waals surface area contributed by atoms with Crippen LogP contribution in [0.15, 0.2) is 28.7 Å². The van der Waals surface area contributed by atoms with E-state index in [9.17, 15) is 0 Å². The first-order valence-corrected chi connectivity index (χ1v) is 6.55. The lowest BCUT2D eigenvalue weighted by Gasteiger charge is -2.24. The zero-order valence-electron chi connectivity index (χ0n) is 9.12. The molecule has 0 radical (unpaired) electrons. The predicted molar refractivity (Wildman–Crippen MR) is 70.5 cm³/mol. The van der Waals surface area contributed by atoms with Gasteiger partial charge in [-0.3, -0.25) is 0 Å². The number of nitrogens with zero attached hydrogens (tertiary/aromatic N) is 1. The van der Waals surface area contributed by atoms with Crippen LogP contribution in [0.5, 0.6) is 0 Å². The number of rotatable bonds is 1. The van der Waals surface area contributed by atoms with Crippen molar-refractivity contribution < 1.29 is 0 Å². The second kappa shape index (κ2) is 3.90. The van der Waals surface area contributed by atoms with Gasteiger partial charge in [-0.2, -0.15) is 0 Å². The molecule has 2 nitrogen and oxygen atoms in total. The topological polar surface area (TPSA) is 30.9 Å². The first kappa shape index (κ1) is 10.4. The van der Waals surface area contributed by atoms with Gasteiger partial charge in [-0.05, 0) is 43.5 Å². The molecule has 0 saturated carbocycles. The van der Waals surface area contributed by atoms with Crippen LogP contribution in [0.4, 0.5) is 0 Å². The highest BCUT2D eigenvalue weighted by atomic mass is 79.9. The molecule has 0 bridgehead atoms. The average molecular weight is 279 g/mol. The second-order valence-corrected chi connectivity index (χ2v) is 5.41. The third-order valence-electron chi connectivity index (χ3n) is 3.56. The van der Waals surface area contributed by atoms with Crippen LogP contribution in [0, 0.1) is 5.92 Å². The van der Waals surface area contributed by atoms with E-state index in [1.54, 1.807) is 0 Å². The van der Waals surface area contributed by atoms with Gasteiger partial charge in [-0.1, -0.05) is 22.0 Å². The monoisotopic (exact) mass is 278 g/mol. The molecule has 0 spiro atoms. The molecular weight excluding hydrogens is 264 g/mol. The minimum absolute atomic E-state index is 0.641. The zero-order chi connectivity index (χ0) is 11.1. The summed E-state index contributed by atoms with van der Waals surface area (Å²) in [7, 11) is 0. The maximum atomic E-state index is 5.78. The second-order valence-electron chi connectivity index (χ2n) is 4.56. The van der Waals surface area contributed by atoms with E-state index in [4.69, 9.17) is 5.73 Å². The predicted octanol–water partition coefficient (Wildman–Crippen LogP) is 2.92. The summed E-state index contributed by atoms with van der Waals surface area (Å²) in [5.74, 6) is 0.641. The lowest BCUT2D eigenvalue weighted by molar-refractivity contribution is 0.385. The van der Waals surface area contributed by atoms with Crippen molar-refractivity contribution >= 4 is 26.8 Å². The van der Waals surface area contributed by atoms with Gasteiger partial charge in [0.25, 0.3) is 0 Å². The molecule has 3 rings (SSSR count). The quantitative estimate of drug-likeness (QED) is 0.855. The van der Waals surface area contributed by atoms with Crippen LogP contribution in [-0.4, -0.2) is 11.1 Å². The molecule has 16 heavy (non-hydrogen) atoms. The smallest absolute Gasteiger partial charge is 0.0494 e. The summed E-state index contributed by atoms with van der Waals surface area (Å²) in [5, 5.41) is 1.33. The van der Waals surface area contributed by atoms with E-state index in [1.807, 2.05) is 0 Å². The third-order valence-corrected chi connectivity index (χ3v) is 4.25. The molecule has 1 unspecified atom stereocenters. The van der Waals surface area contributed by atoms with Gasteiger partial charge < -0.3 is 10.3 Å². The van der Waals surface area contributed by atoms with E-state index in [0.29, 0.717) is 5.92 Å². The molecule has 84 valence electrons. The first-order valence-electron chi connectivity index (χ1n) is 5.76. The van der Waals surface area contributed by atoms with Gasteiger partial charge in [-0.25, -0.2) is 0 Å². The molecule has 3 heteroatoms. The zero-order valence-corrected chi connectivity index (χ0v) is 10.7. The largest absolute Gasteiger partial charge is 0.344 e. The molecule has 2 N–H and O–H groups in total. The Morgan fingerprint density at radius 1 is 1.44 bits per heavy atom. The van der Waals surface area contributed by atoms with Gasteiger partial charge in [0.15, 0.2) is 0 Å². The number of fused-ring (bicyclic) bond motifs is 3. The van der Waals surface area contributed by atoms with Crippen LogP contribution in [0.1, 0.15) is 12.1 Å². The van der Waals surface area contributed by atoms with Gasteiger partial charge in [0, 0.05) is 27.6 Å². The molecule has 2 aromatic rings. The lowest BCUT2D eigenvalue weighted by atomic mass is 9.98. The Labute approximate surface area is 104 Å². The van der Waals surface area contributed by atoms with Crippen molar-refractivity contribution in [3.05, 3.63) is 34.4 Å². The molecule has 2 heterocycles. The molecule has 0 fully saturated rings. The van der Waals surface area contributed by atoms with Crippen molar-refractivity contribution in [2.45, 2.75) is 19.4 Å². The Hall–Kier alpha value is -0.800. The first-order chi connectivity index (χ1) is 7.79. The number of hydrogen-bond donors (Lipinski definition) is 1. The summed E-state index contributed by atoms with van der Waals surface area (Å²) < 4.78 is 3.62. The van der Waals surface area contributed by atoms with Crippen molar-refractivity contribution in [1.82, 2.24) is 4.57 Å². The summed E-state index contributed by atoms with van der Waals surface area (Å²) in [5.41, 5.74) is 8.57. The Morgan fingerprint density at radius 3 is 3.12 bits per heavy atom. The third kappa shape index (κ3) is 1.50. The van der Waals surface area contributed by atoms with Crippen molar-refractivity contribution in [3.63, 3.8) is 0 Å². The van der Waals surface area contributed by atoms with Gasteiger partial charge in [0.2, 0.25) is 0 Å². The van der Waals surface area contributed by atoms with Gasteiger partial charge in [0.1, 0.15) is 0 Å². The molecule has 1 aliphatic rings. The van der Waals surface area contributed by atoms with Crippen LogP contribution in [0.2, 0.25) is 0 Å². The molecule has 0 aliphatic carbocycles. The van der Waals surface area contributed by atoms with Crippen molar-refractivity contribution in [2.24, 2.45) is 11.7 Å². The normalized spacial score (nSPS) is 20.0. The lowest BCUT2D eigenvalue weighted by Crippen LogP contribution is -2.25.